The van der Waals surface area contributed by atoms with Gasteiger partial charge in [-0.25, -0.2) is 0 Å². The van der Waals surface area contributed by atoms with Crippen LogP contribution in [0.3, 0.4) is 0 Å². The zero-order valence-electron chi connectivity index (χ0n) is 14.1. The van der Waals surface area contributed by atoms with E-state index in [9.17, 15) is 4.79 Å². The van der Waals surface area contributed by atoms with E-state index in [1.807, 2.05) is 24.4 Å². The Morgan fingerprint density at radius 3 is 2.80 bits per heavy atom. The summed E-state index contributed by atoms with van der Waals surface area (Å²) >= 11 is 1.71. The molecule has 0 bridgehead atoms. The number of carbonyl (C=O) groups is 1. The Balaban J connectivity index is 1.56. The van der Waals surface area contributed by atoms with Gasteiger partial charge < -0.3 is 14.2 Å². The fourth-order valence-electron chi connectivity index (χ4n) is 3.50. The van der Waals surface area contributed by atoms with Crippen molar-refractivity contribution in [1.29, 1.82) is 0 Å². The first-order valence-electron chi connectivity index (χ1n) is 8.75. The van der Waals surface area contributed by atoms with E-state index in [2.05, 4.69) is 39.1 Å². The van der Waals surface area contributed by atoms with E-state index >= 15 is 0 Å². The lowest BCUT2D eigenvalue weighted by Crippen LogP contribution is -2.44. The number of amides is 1. The quantitative estimate of drug-likeness (QED) is 0.696. The second kappa shape index (κ2) is 7.42. The van der Waals surface area contributed by atoms with E-state index in [-0.39, 0.29) is 11.9 Å². The molecule has 0 saturated carbocycles. The highest BCUT2D eigenvalue weighted by Gasteiger charge is 2.26. The molecule has 2 aromatic heterocycles. The normalized spacial score (nSPS) is 15.5. The number of para-hydroxylation sites is 1. The highest BCUT2D eigenvalue weighted by Crippen LogP contribution is 2.22. The molecule has 0 unspecified atom stereocenters. The highest BCUT2D eigenvalue weighted by molar-refractivity contribution is 7.09. The van der Waals surface area contributed by atoms with Gasteiger partial charge in [0.1, 0.15) is 6.54 Å². The minimum Gasteiger partial charge on any atom is -0.381 e. The monoisotopic (exact) mass is 354 g/mol. The number of fused-ring (bicyclic) bond motifs is 1. The topological polar surface area (TPSA) is 34.5 Å². The lowest BCUT2D eigenvalue weighted by Gasteiger charge is -2.34. The van der Waals surface area contributed by atoms with Gasteiger partial charge in [-0.15, -0.1) is 11.3 Å². The van der Waals surface area contributed by atoms with Gasteiger partial charge in [-0.05, 0) is 41.8 Å². The molecule has 5 heteroatoms. The molecule has 4 rings (SSSR count). The fraction of sp³-hybridized carbons (Fsp3) is 0.350. The molecule has 1 saturated heterocycles. The summed E-state index contributed by atoms with van der Waals surface area (Å²) in [4.78, 5) is 16.4. The molecule has 1 aliphatic heterocycles. The molecule has 4 nitrogen and oxygen atoms in total. The maximum Gasteiger partial charge on any atom is 0.243 e. The predicted molar refractivity (Wildman–Crippen MR) is 101 cm³/mol. The molecule has 1 aromatic carbocycles. The Morgan fingerprint density at radius 2 is 2.00 bits per heavy atom. The molecule has 130 valence electrons. The van der Waals surface area contributed by atoms with Crippen molar-refractivity contribution in [3.05, 3.63) is 58.9 Å². The van der Waals surface area contributed by atoms with Crippen molar-refractivity contribution in [2.45, 2.75) is 32.0 Å². The lowest BCUT2D eigenvalue weighted by atomic mass is 10.1. The molecular formula is C20H22N2O2S. The van der Waals surface area contributed by atoms with Gasteiger partial charge in [-0.3, -0.25) is 4.79 Å². The third-order valence-corrected chi connectivity index (χ3v) is 5.71. The first kappa shape index (κ1) is 16.4. The largest absolute Gasteiger partial charge is 0.381 e. The van der Waals surface area contributed by atoms with Gasteiger partial charge >= 0.3 is 0 Å². The van der Waals surface area contributed by atoms with Gasteiger partial charge in [0.25, 0.3) is 0 Å². The summed E-state index contributed by atoms with van der Waals surface area (Å²) < 4.78 is 7.54. The Labute approximate surface area is 151 Å². The molecule has 1 aliphatic rings. The minimum absolute atomic E-state index is 0.182. The van der Waals surface area contributed by atoms with Crippen LogP contribution in [0.15, 0.2) is 54.0 Å². The Kier molecular flexibility index (Phi) is 4.85. The summed E-state index contributed by atoms with van der Waals surface area (Å²) in [6, 6.07) is 14.7. The maximum absolute atomic E-state index is 13.1. The van der Waals surface area contributed by atoms with Crippen LogP contribution in [0.1, 0.15) is 17.7 Å². The van der Waals surface area contributed by atoms with Crippen LogP contribution in [0.5, 0.6) is 0 Å². The van der Waals surface area contributed by atoms with E-state index in [0.29, 0.717) is 13.1 Å². The standard InChI is InChI=1S/C20H22N2O2S/c23-20(15-21-10-7-16-4-1-2-6-19(16)21)22(14-18-5-3-13-25-18)17-8-11-24-12-9-17/h1-7,10,13,17H,8-9,11-12,14-15H2. The number of hydrogen-bond acceptors (Lipinski definition) is 3. The highest BCUT2D eigenvalue weighted by atomic mass is 32.1. The number of rotatable bonds is 5. The zero-order valence-corrected chi connectivity index (χ0v) is 15.0. The van der Waals surface area contributed by atoms with E-state index < -0.39 is 0 Å². The average Bonchev–Trinajstić information content (AvgIpc) is 3.31. The number of carbonyl (C=O) groups excluding carboxylic acids is 1. The van der Waals surface area contributed by atoms with Crippen LogP contribution in [0, 0.1) is 0 Å². The van der Waals surface area contributed by atoms with Crippen molar-refractivity contribution in [2.24, 2.45) is 0 Å². The summed E-state index contributed by atoms with van der Waals surface area (Å²) in [5.41, 5.74) is 1.11. The van der Waals surface area contributed by atoms with E-state index in [1.165, 1.54) is 10.3 Å². The third-order valence-electron chi connectivity index (χ3n) is 4.84. The van der Waals surface area contributed by atoms with Crippen molar-refractivity contribution in [3.8, 4) is 0 Å². The molecule has 3 heterocycles. The van der Waals surface area contributed by atoms with Crippen LogP contribution in [0.4, 0.5) is 0 Å². The van der Waals surface area contributed by atoms with E-state index in [1.54, 1.807) is 11.3 Å². The summed E-state index contributed by atoms with van der Waals surface area (Å²) in [5.74, 6) is 0.182. The molecular weight excluding hydrogens is 332 g/mol. The Bertz CT molecular complexity index is 834. The molecule has 0 aliphatic carbocycles. The van der Waals surface area contributed by atoms with Crippen molar-refractivity contribution < 1.29 is 9.53 Å². The minimum atomic E-state index is 0.182. The van der Waals surface area contributed by atoms with Crippen molar-refractivity contribution in [1.82, 2.24) is 9.47 Å². The van der Waals surface area contributed by atoms with Crippen molar-refractivity contribution in [3.63, 3.8) is 0 Å². The number of ether oxygens (including phenoxy) is 1. The molecule has 25 heavy (non-hydrogen) atoms. The zero-order chi connectivity index (χ0) is 17.1. The summed E-state index contributed by atoms with van der Waals surface area (Å²) in [5, 5.41) is 3.24. The molecule has 1 amide bonds. The Morgan fingerprint density at radius 1 is 1.16 bits per heavy atom. The summed E-state index contributed by atoms with van der Waals surface area (Å²) in [6.45, 7) is 2.56. The van der Waals surface area contributed by atoms with Crippen LogP contribution < -0.4 is 0 Å². The first-order chi connectivity index (χ1) is 12.3. The molecule has 0 N–H and O–H groups in total. The number of aromatic nitrogens is 1. The molecule has 0 radical (unpaired) electrons. The second-order valence-corrected chi connectivity index (χ2v) is 7.48. The summed E-state index contributed by atoms with van der Waals surface area (Å²) in [7, 11) is 0. The number of nitrogens with zero attached hydrogens (tertiary/aromatic N) is 2. The number of thiophene rings is 1. The second-order valence-electron chi connectivity index (χ2n) is 6.45. The molecule has 3 aromatic rings. The Hall–Kier alpha value is -2.11. The lowest BCUT2D eigenvalue weighted by molar-refractivity contribution is -0.136. The van der Waals surface area contributed by atoms with E-state index in [0.717, 1.165) is 31.6 Å². The predicted octanol–water partition coefficient (Wildman–Crippen LogP) is 3.91. The van der Waals surface area contributed by atoms with Gasteiger partial charge in [0, 0.05) is 35.8 Å². The maximum atomic E-state index is 13.1. The van der Waals surface area contributed by atoms with Crippen LogP contribution >= 0.6 is 11.3 Å². The molecule has 0 atom stereocenters. The van der Waals surface area contributed by atoms with Crippen LogP contribution in [0.25, 0.3) is 10.9 Å². The fourth-order valence-corrected chi connectivity index (χ4v) is 4.21. The molecule has 0 spiro atoms. The first-order valence-corrected chi connectivity index (χ1v) is 9.63. The van der Waals surface area contributed by atoms with Crippen LogP contribution in [0.2, 0.25) is 0 Å². The number of hydrogen-bond donors (Lipinski definition) is 0. The smallest absolute Gasteiger partial charge is 0.243 e. The van der Waals surface area contributed by atoms with Gasteiger partial charge in [-0.1, -0.05) is 24.3 Å². The van der Waals surface area contributed by atoms with E-state index in [4.69, 9.17) is 4.74 Å². The number of benzene rings is 1. The van der Waals surface area contributed by atoms with Gasteiger partial charge in [0.05, 0.1) is 6.54 Å². The third kappa shape index (κ3) is 3.62. The summed E-state index contributed by atoms with van der Waals surface area (Å²) in [6.07, 6.45) is 3.85. The average molecular weight is 354 g/mol. The van der Waals surface area contributed by atoms with Crippen molar-refractivity contribution in [2.75, 3.05) is 13.2 Å². The van der Waals surface area contributed by atoms with Gasteiger partial charge in [0.15, 0.2) is 0 Å². The van der Waals surface area contributed by atoms with Crippen LogP contribution in [-0.4, -0.2) is 34.6 Å². The van der Waals surface area contributed by atoms with Gasteiger partial charge in [0.2, 0.25) is 5.91 Å². The van der Waals surface area contributed by atoms with Crippen molar-refractivity contribution >= 4 is 28.1 Å². The molecule has 1 fully saturated rings. The van der Waals surface area contributed by atoms with Crippen LogP contribution in [-0.2, 0) is 22.6 Å². The van der Waals surface area contributed by atoms with Gasteiger partial charge in [-0.2, -0.15) is 0 Å². The SMILES string of the molecule is O=C(Cn1ccc2ccccc21)N(Cc1cccs1)C1CCOCC1.